The van der Waals surface area contributed by atoms with Crippen molar-refractivity contribution in [2.24, 2.45) is 4.99 Å². The molecular formula is C33H40N4O3S. The van der Waals surface area contributed by atoms with Crippen molar-refractivity contribution in [2.75, 3.05) is 35.8 Å². The second kappa shape index (κ2) is 12.9. The van der Waals surface area contributed by atoms with Crippen LogP contribution in [0.25, 0.3) is 0 Å². The van der Waals surface area contributed by atoms with Gasteiger partial charge in [-0.25, -0.2) is 8.42 Å². The lowest BCUT2D eigenvalue weighted by molar-refractivity contribution is 0.0747. The van der Waals surface area contributed by atoms with Gasteiger partial charge in [-0.2, -0.15) is 0 Å². The lowest BCUT2D eigenvalue weighted by Gasteiger charge is -2.37. The fourth-order valence-electron chi connectivity index (χ4n) is 6.11. The minimum absolute atomic E-state index is 0.0393. The normalized spacial score (nSPS) is 16.7. The Kier molecular flexibility index (Phi) is 9.08. The van der Waals surface area contributed by atoms with Gasteiger partial charge in [-0.1, -0.05) is 56.5 Å². The van der Waals surface area contributed by atoms with E-state index in [0.29, 0.717) is 35.9 Å². The zero-order chi connectivity index (χ0) is 28.8. The summed E-state index contributed by atoms with van der Waals surface area (Å²) in [5.74, 6) is 0.286. The quantitative estimate of drug-likeness (QED) is 0.302. The molecule has 2 fully saturated rings. The number of piperazine rings is 1. The third-order valence-corrected chi connectivity index (χ3v) is 9.70. The van der Waals surface area contributed by atoms with Crippen LogP contribution in [0.2, 0.25) is 0 Å². The molecule has 2 aliphatic rings. The molecule has 216 valence electrons. The van der Waals surface area contributed by atoms with Crippen LogP contribution in [0.5, 0.6) is 0 Å². The summed E-state index contributed by atoms with van der Waals surface area (Å²) in [4.78, 5) is 22.2. The summed E-state index contributed by atoms with van der Waals surface area (Å²) in [5, 5.41) is 0. The van der Waals surface area contributed by atoms with Gasteiger partial charge in [-0.05, 0) is 79.6 Å². The molecule has 1 heterocycles. The maximum atomic E-state index is 13.5. The van der Waals surface area contributed by atoms with Crippen molar-refractivity contribution in [3.05, 3.63) is 83.4 Å². The molecule has 0 radical (unpaired) electrons. The van der Waals surface area contributed by atoms with E-state index in [0.717, 1.165) is 50.8 Å². The molecule has 0 atom stereocenters. The molecule has 0 unspecified atom stereocenters. The summed E-state index contributed by atoms with van der Waals surface area (Å²) in [6, 6.07) is 20.6. The molecule has 1 amide bonds. The minimum atomic E-state index is -3.88. The Hall–Kier alpha value is -3.65. The Morgan fingerprint density at radius 3 is 2.32 bits per heavy atom. The van der Waals surface area contributed by atoms with E-state index in [4.69, 9.17) is 0 Å². The molecule has 3 aromatic carbocycles. The van der Waals surface area contributed by atoms with Crippen molar-refractivity contribution < 1.29 is 13.2 Å². The van der Waals surface area contributed by atoms with Gasteiger partial charge in [0.15, 0.2) is 0 Å². The molecule has 5 rings (SSSR count). The van der Waals surface area contributed by atoms with Crippen molar-refractivity contribution in [1.29, 1.82) is 0 Å². The Bertz CT molecular complexity index is 1490. The van der Waals surface area contributed by atoms with Crippen LogP contribution >= 0.6 is 0 Å². The molecule has 0 bridgehead atoms. The third-order valence-electron chi connectivity index (χ3n) is 8.29. The molecule has 7 nitrogen and oxygen atoms in total. The van der Waals surface area contributed by atoms with Gasteiger partial charge in [0.25, 0.3) is 15.9 Å². The molecule has 1 saturated heterocycles. The second-order valence-electron chi connectivity index (χ2n) is 10.9. The van der Waals surface area contributed by atoms with Crippen LogP contribution in [0.1, 0.15) is 73.4 Å². The molecule has 41 heavy (non-hydrogen) atoms. The molecule has 1 N–H and O–H groups in total. The van der Waals surface area contributed by atoms with E-state index in [1.165, 1.54) is 17.7 Å². The minimum Gasteiger partial charge on any atom is -0.368 e. The van der Waals surface area contributed by atoms with Crippen LogP contribution in [-0.2, 0) is 16.4 Å². The number of carbonyl (C=O) groups is 1. The number of hydrogen-bond donors (Lipinski definition) is 1. The van der Waals surface area contributed by atoms with Gasteiger partial charge in [0.05, 0.1) is 5.69 Å². The molecular weight excluding hydrogens is 532 g/mol. The Morgan fingerprint density at radius 1 is 0.927 bits per heavy atom. The summed E-state index contributed by atoms with van der Waals surface area (Å²) >= 11 is 0. The SMILES string of the molecule is C/C=N\c1c(C2CCCCC2)cccc1S(=O)(=O)Nc1ccc(C(=O)N2CCN(c3ccccc3CC)CC2)cc1. The van der Waals surface area contributed by atoms with Gasteiger partial charge >= 0.3 is 0 Å². The smallest absolute Gasteiger partial charge is 0.264 e. The lowest BCUT2D eigenvalue weighted by atomic mass is 9.83. The van der Waals surface area contributed by atoms with E-state index in [9.17, 15) is 13.2 Å². The first-order valence-corrected chi connectivity index (χ1v) is 16.3. The first-order valence-electron chi connectivity index (χ1n) is 14.8. The van der Waals surface area contributed by atoms with Crippen LogP contribution in [0.3, 0.4) is 0 Å². The number of aryl methyl sites for hydroxylation is 1. The van der Waals surface area contributed by atoms with Crippen molar-refractivity contribution in [2.45, 2.75) is 63.2 Å². The van der Waals surface area contributed by atoms with E-state index in [1.807, 2.05) is 17.0 Å². The van der Waals surface area contributed by atoms with E-state index < -0.39 is 10.0 Å². The summed E-state index contributed by atoms with van der Waals surface area (Å²) in [6.07, 6.45) is 8.28. The summed E-state index contributed by atoms with van der Waals surface area (Å²) in [6.45, 7) is 6.81. The van der Waals surface area contributed by atoms with E-state index in [1.54, 1.807) is 43.5 Å². The van der Waals surface area contributed by atoms with Crippen molar-refractivity contribution in [1.82, 2.24) is 4.90 Å². The monoisotopic (exact) mass is 572 g/mol. The van der Waals surface area contributed by atoms with Gasteiger partial charge in [0, 0.05) is 49.3 Å². The van der Waals surface area contributed by atoms with Crippen molar-refractivity contribution in [3.63, 3.8) is 0 Å². The van der Waals surface area contributed by atoms with Gasteiger partial charge in [-0.15, -0.1) is 0 Å². The number of carbonyl (C=O) groups excluding carboxylic acids is 1. The lowest BCUT2D eigenvalue weighted by Crippen LogP contribution is -2.49. The van der Waals surface area contributed by atoms with Gasteiger partial charge < -0.3 is 9.80 Å². The predicted octanol–water partition coefficient (Wildman–Crippen LogP) is 6.78. The number of nitrogens with one attached hydrogen (secondary N) is 1. The molecule has 1 saturated carbocycles. The third kappa shape index (κ3) is 6.48. The maximum Gasteiger partial charge on any atom is 0.264 e. The fourth-order valence-corrected chi connectivity index (χ4v) is 7.35. The van der Waals surface area contributed by atoms with Gasteiger partial charge in [0.1, 0.15) is 4.90 Å². The predicted molar refractivity (Wildman–Crippen MR) is 167 cm³/mol. The molecule has 1 aliphatic heterocycles. The number of para-hydroxylation sites is 2. The summed E-state index contributed by atoms with van der Waals surface area (Å²) in [5.41, 5.74) is 5.06. The number of anilines is 2. The average Bonchev–Trinajstić information content (AvgIpc) is 3.01. The largest absolute Gasteiger partial charge is 0.368 e. The van der Waals surface area contributed by atoms with Crippen LogP contribution in [0.15, 0.2) is 76.6 Å². The molecule has 1 aliphatic carbocycles. The average molecular weight is 573 g/mol. The fraction of sp³-hybridized carbons (Fsp3) is 0.394. The van der Waals surface area contributed by atoms with Crippen LogP contribution in [0, 0.1) is 0 Å². The van der Waals surface area contributed by atoms with Crippen LogP contribution in [-0.4, -0.2) is 51.6 Å². The van der Waals surface area contributed by atoms with Gasteiger partial charge in [-0.3, -0.25) is 14.5 Å². The molecule has 3 aromatic rings. The number of sulfonamides is 1. The Balaban J connectivity index is 1.27. The highest BCUT2D eigenvalue weighted by molar-refractivity contribution is 7.92. The zero-order valence-electron chi connectivity index (χ0n) is 24.1. The Labute approximate surface area is 244 Å². The highest BCUT2D eigenvalue weighted by atomic mass is 32.2. The number of nitrogens with zero attached hydrogens (tertiary/aromatic N) is 3. The van der Waals surface area contributed by atoms with E-state index >= 15 is 0 Å². The van der Waals surface area contributed by atoms with Gasteiger partial charge in [0.2, 0.25) is 0 Å². The standard InChI is InChI=1S/C33H40N4O3S/c1-3-25-11-8-9-15-30(25)36-21-23-37(24-22-36)33(38)27-17-19-28(20-18-27)35-41(39,40)31-16-10-14-29(32(31)34-4-2)26-12-6-5-7-13-26/h4,8-11,14-20,26,35H,3,5-7,12-13,21-24H2,1-2H3/b34-4-. The number of amides is 1. The summed E-state index contributed by atoms with van der Waals surface area (Å²) in [7, 11) is -3.88. The van der Waals surface area contributed by atoms with Crippen molar-refractivity contribution in [3.8, 4) is 0 Å². The number of aliphatic imine (C=N–C) groups is 1. The van der Waals surface area contributed by atoms with Crippen LogP contribution < -0.4 is 9.62 Å². The topological polar surface area (TPSA) is 82.1 Å². The molecule has 0 aromatic heterocycles. The molecule has 8 heteroatoms. The number of benzene rings is 3. The molecule has 0 spiro atoms. The number of rotatable bonds is 8. The first kappa shape index (κ1) is 28.9. The van der Waals surface area contributed by atoms with E-state index in [-0.39, 0.29) is 10.8 Å². The maximum absolute atomic E-state index is 13.5. The summed E-state index contributed by atoms with van der Waals surface area (Å²) < 4.78 is 29.8. The Morgan fingerprint density at radius 2 is 1.63 bits per heavy atom. The zero-order valence-corrected chi connectivity index (χ0v) is 24.9. The second-order valence-corrected chi connectivity index (χ2v) is 12.5. The number of hydrogen-bond acceptors (Lipinski definition) is 5. The van der Waals surface area contributed by atoms with Crippen molar-refractivity contribution >= 4 is 39.2 Å². The van der Waals surface area contributed by atoms with E-state index in [2.05, 4.69) is 45.8 Å². The highest BCUT2D eigenvalue weighted by Gasteiger charge is 2.26. The highest BCUT2D eigenvalue weighted by Crippen LogP contribution is 2.40. The first-order chi connectivity index (χ1) is 19.9. The van der Waals surface area contributed by atoms with Crippen LogP contribution in [0.4, 0.5) is 17.1 Å².